The monoisotopic (exact) mass is 507 g/mol. The summed E-state index contributed by atoms with van der Waals surface area (Å²) in [5, 5.41) is 0. The lowest BCUT2D eigenvalue weighted by molar-refractivity contribution is 0.457. The van der Waals surface area contributed by atoms with E-state index in [1.54, 1.807) is 7.05 Å². The number of aryl methyl sites for hydroxylation is 2. The van der Waals surface area contributed by atoms with Gasteiger partial charge in [0.05, 0.1) is 0 Å². The number of imidazole rings is 1. The number of aromatic nitrogens is 4. The maximum absolute atomic E-state index is 13.7. The van der Waals surface area contributed by atoms with Crippen molar-refractivity contribution in [2.24, 2.45) is 13.0 Å². The van der Waals surface area contributed by atoms with Crippen LogP contribution in [0.15, 0.2) is 94.5 Å². The third kappa shape index (κ3) is 4.28. The van der Waals surface area contributed by atoms with Crippen LogP contribution in [0.3, 0.4) is 0 Å². The van der Waals surface area contributed by atoms with Gasteiger partial charge >= 0.3 is 5.69 Å². The van der Waals surface area contributed by atoms with Gasteiger partial charge in [0.1, 0.15) is 11.5 Å². The molecule has 0 saturated heterocycles. The molecule has 6 rings (SSSR count). The maximum atomic E-state index is 13.7. The van der Waals surface area contributed by atoms with Crippen molar-refractivity contribution in [2.45, 2.75) is 26.4 Å². The molecule has 1 aliphatic heterocycles. The smallest absolute Gasteiger partial charge is 0.332 e. The van der Waals surface area contributed by atoms with E-state index in [4.69, 9.17) is 9.72 Å². The number of nitrogens with zero attached hydrogens (tertiary/aromatic N) is 5. The molecule has 38 heavy (non-hydrogen) atoms. The van der Waals surface area contributed by atoms with E-state index in [2.05, 4.69) is 11.8 Å². The van der Waals surface area contributed by atoms with Crippen molar-refractivity contribution >= 4 is 22.8 Å². The zero-order chi connectivity index (χ0) is 26.2. The molecule has 0 N–H and O–H groups in total. The fourth-order valence-corrected chi connectivity index (χ4v) is 5.12. The third-order valence-electron chi connectivity index (χ3n) is 7.04. The van der Waals surface area contributed by atoms with Gasteiger partial charge in [0.25, 0.3) is 5.56 Å². The number of para-hydroxylation sites is 1. The molecule has 1 atom stereocenters. The average molecular weight is 508 g/mol. The van der Waals surface area contributed by atoms with Crippen molar-refractivity contribution < 1.29 is 4.74 Å². The van der Waals surface area contributed by atoms with Crippen molar-refractivity contribution in [3.05, 3.63) is 111 Å². The van der Waals surface area contributed by atoms with E-state index in [1.165, 1.54) is 9.13 Å². The molecule has 3 aromatic carbocycles. The Kier molecular flexibility index (Phi) is 6.07. The highest BCUT2D eigenvalue weighted by atomic mass is 16.5. The van der Waals surface area contributed by atoms with Crippen LogP contribution < -0.4 is 20.9 Å². The second-order valence-electron chi connectivity index (χ2n) is 9.85. The quantitative estimate of drug-likeness (QED) is 0.333. The molecule has 2 aromatic heterocycles. The standard InChI is InChI=1S/C30H29N5O3/c1-21-19-34(23-13-15-25(16-14-23)38-24-11-7-4-8-12-24)29-31-27-26(35(29)20-21)28(36)33(30(37)32(27)2)18-17-22-9-5-3-6-10-22/h3-16,21H,17-20H2,1-2H3/t21-/m0/s1. The highest BCUT2D eigenvalue weighted by Crippen LogP contribution is 2.34. The second-order valence-corrected chi connectivity index (χ2v) is 9.85. The minimum absolute atomic E-state index is 0.273. The molecular formula is C30H29N5O3. The van der Waals surface area contributed by atoms with Crippen LogP contribution in [0.1, 0.15) is 12.5 Å². The number of hydrogen-bond donors (Lipinski definition) is 0. The van der Waals surface area contributed by atoms with Crippen LogP contribution >= 0.6 is 0 Å². The lowest BCUT2D eigenvalue weighted by Crippen LogP contribution is -2.40. The Labute approximate surface area is 220 Å². The second kappa shape index (κ2) is 9.70. The van der Waals surface area contributed by atoms with Crippen molar-refractivity contribution in [1.82, 2.24) is 18.7 Å². The van der Waals surface area contributed by atoms with Gasteiger partial charge in [0.15, 0.2) is 11.2 Å². The van der Waals surface area contributed by atoms with Gasteiger partial charge in [-0.05, 0) is 54.3 Å². The first kappa shape index (κ1) is 23.8. The van der Waals surface area contributed by atoms with Crippen LogP contribution in [-0.2, 0) is 26.6 Å². The van der Waals surface area contributed by atoms with Crippen LogP contribution in [0.5, 0.6) is 11.5 Å². The normalized spacial score (nSPS) is 15.0. The lowest BCUT2D eigenvalue weighted by atomic mass is 10.1. The number of fused-ring (bicyclic) bond motifs is 3. The van der Waals surface area contributed by atoms with Gasteiger partial charge in [-0.25, -0.2) is 4.79 Å². The van der Waals surface area contributed by atoms with E-state index in [-0.39, 0.29) is 17.2 Å². The Morgan fingerprint density at radius 3 is 2.24 bits per heavy atom. The largest absolute Gasteiger partial charge is 0.457 e. The van der Waals surface area contributed by atoms with Crippen molar-refractivity contribution in [2.75, 3.05) is 11.4 Å². The van der Waals surface area contributed by atoms with Gasteiger partial charge in [0, 0.05) is 32.4 Å². The van der Waals surface area contributed by atoms with Crippen molar-refractivity contribution in [1.29, 1.82) is 0 Å². The molecule has 0 saturated carbocycles. The van der Waals surface area contributed by atoms with E-state index in [9.17, 15) is 9.59 Å². The van der Waals surface area contributed by atoms with E-state index in [0.29, 0.717) is 36.6 Å². The summed E-state index contributed by atoms with van der Waals surface area (Å²) in [4.78, 5) is 33.8. The average Bonchev–Trinajstić information content (AvgIpc) is 3.33. The van der Waals surface area contributed by atoms with E-state index in [0.717, 1.165) is 29.3 Å². The number of rotatable bonds is 6. The summed E-state index contributed by atoms with van der Waals surface area (Å²) in [6, 6.07) is 27.4. The maximum Gasteiger partial charge on any atom is 0.332 e. The number of anilines is 2. The third-order valence-corrected chi connectivity index (χ3v) is 7.04. The topological polar surface area (TPSA) is 74.3 Å². The number of ether oxygens (including phenoxy) is 1. The molecule has 0 unspecified atom stereocenters. The molecular weight excluding hydrogens is 478 g/mol. The summed E-state index contributed by atoms with van der Waals surface area (Å²) in [5.41, 5.74) is 2.26. The van der Waals surface area contributed by atoms with Gasteiger partial charge in [0.2, 0.25) is 5.95 Å². The van der Waals surface area contributed by atoms with Crippen LogP contribution in [0.25, 0.3) is 11.2 Å². The summed E-state index contributed by atoms with van der Waals surface area (Å²) in [7, 11) is 1.69. The number of hydrogen-bond acceptors (Lipinski definition) is 5. The van der Waals surface area contributed by atoms with E-state index >= 15 is 0 Å². The molecule has 0 bridgehead atoms. The van der Waals surface area contributed by atoms with Crippen LogP contribution in [-0.4, -0.2) is 25.2 Å². The first-order valence-electron chi connectivity index (χ1n) is 12.8. The predicted octanol–water partition coefficient (Wildman–Crippen LogP) is 4.72. The first-order chi connectivity index (χ1) is 18.5. The Morgan fingerprint density at radius 1 is 0.868 bits per heavy atom. The highest BCUT2D eigenvalue weighted by molar-refractivity contribution is 5.77. The summed E-state index contributed by atoms with van der Waals surface area (Å²) >= 11 is 0. The minimum atomic E-state index is -0.351. The summed E-state index contributed by atoms with van der Waals surface area (Å²) < 4.78 is 10.8. The van der Waals surface area contributed by atoms with Crippen LogP contribution in [0.4, 0.5) is 11.6 Å². The Hall–Kier alpha value is -4.59. The molecule has 3 heterocycles. The summed E-state index contributed by atoms with van der Waals surface area (Å²) in [6.45, 7) is 3.88. The molecule has 0 spiro atoms. The van der Waals surface area contributed by atoms with Gasteiger partial charge in [-0.2, -0.15) is 4.98 Å². The Balaban J connectivity index is 1.37. The van der Waals surface area contributed by atoms with E-state index in [1.807, 2.05) is 89.5 Å². The molecule has 0 fully saturated rings. The van der Waals surface area contributed by atoms with Gasteiger partial charge in [-0.15, -0.1) is 0 Å². The van der Waals surface area contributed by atoms with Crippen molar-refractivity contribution in [3.8, 4) is 11.5 Å². The molecule has 0 aliphatic carbocycles. The number of benzene rings is 3. The molecule has 5 aromatic rings. The molecule has 0 amide bonds. The molecule has 192 valence electrons. The fourth-order valence-electron chi connectivity index (χ4n) is 5.12. The van der Waals surface area contributed by atoms with Crippen LogP contribution in [0.2, 0.25) is 0 Å². The minimum Gasteiger partial charge on any atom is -0.457 e. The Morgan fingerprint density at radius 2 is 1.53 bits per heavy atom. The predicted molar refractivity (Wildman–Crippen MR) is 149 cm³/mol. The Bertz CT molecular complexity index is 1700. The van der Waals surface area contributed by atoms with Gasteiger partial charge in [-0.1, -0.05) is 55.5 Å². The first-order valence-corrected chi connectivity index (χ1v) is 12.8. The zero-order valence-electron chi connectivity index (χ0n) is 21.4. The molecule has 8 nitrogen and oxygen atoms in total. The molecule has 8 heteroatoms. The fraction of sp³-hybridized carbons (Fsp3) is 0.233. The summed E-state index contributed by atoms with van der Waals surface area (Å²) in [6.07, 6.45) is 0.600. The zero-order valence-corrected chi connectivity index (χ0v) is 21.4. The van der Waals surface area contributed by atoms with Crippen molar-refractivity contribution in [3.63, 3.8) is 0 Å². The highest BCUT2D eigenvalue weighted by Gasteiger charge is 2.29. The lowest BCUT2D eigenvalue weighted by Gasteiger charge is -2.33. The van der Waals surface area contributed by atoms with Gasteiger partial charge in [-0.3, -0.25) is 13.9 Å². The molecule has 0 radical (unpaired) electrons. The SMILES string of the molecule is C[C@H]1CN(c2ccc(Oc3ccccc3)cc2)c2nc3c(c(=O)n(CCc4ccccc4)c(=O)n3C)n2C1. The van der Waals surface area contributed by atoms with E-state index < -0.39 is 0 Å². The summed E-state index contributed by atoms with van der Waals surface area (Å²) in [5.74, 6) is 2.46. The van der Waals surface area contributed by atoms with Gasteiger partial charge < -0.3 is 14.2 Å². The van der Waals surface area contributed by atoms with Crippen LogP contribution in [0, 0.1) is 5.92 Å². The molecule has 1 aliphatic rings.